The van der Waals surface area contributed by atoms with Gasteiger partial charge in [0.25, 0.3) is 5.91 Å². The van der Waals surface area contributed by atoms with E-state index in [4.69, 9.17) is 4.99 Å². The van der Waals surface area contributed by atoms with Gasteiger partial charge in [0.2, 0.25) is 0 Å². The highest BCUT2D eigenvalue weighted by molar-refractivity contribution is 8.19. The summed E-state index contributed by atoms with van der Waals surface area (Å²) in [6.07, 6.45) is 4.19. The number of amides is 1. The summed E-state index contributed by atoms with van der Waals surface area (Å²) in [5.74, 6) is 0.0300. The van der Waals surface area contributed by atoms with Gasteiger partial charge in [0.1, 0.15) is 9.93 Å². The van der Waals surface area contributed by atoms with Gasteiger partial charge < -0.3 is 4.90 Å². The molecule has 1 saturated heterocycles. The van der Waals surface area contributed by atoms with Crippen molar-refractivity contribution in [2.75, 3.05) is 18.0 Å². The smallest absolute Gasteiger partial charge is 0.269 e. The van der Waals surface area contributed by atoms with Gasteiger partial charge >= 0.3 is 0 Å². The highest BCUT2D eigenvalue weighted by atomic mass is 32.2. The zero-order valence-electron chi connectivity index (χ0n) is 19.1. The Hall–Kier alpha value is -3.22. The number of hydrogen-bond donors (Lipinski definition) is 0. The van der Waals surface area contributed by atoms with E-state index in [9.17, 15) is 4.79 Å². The maximum Gasteiger partial charge on any atom is 0.269 e. The minimum atomic E-state index is 0.0300. The van der Waals surface area contributed by atoms with Gasteiger partial charge in [-0.25, -0.2) is 4.99 Å². The highest BCUT2D eigenvalue weighted by Crippen LogP contribution is 2.50. The Morgan fingerprint density at radius 1 is 0.765 bits per heavy atom. The molecular formula is C28H25N3OS2. The minimum Gasteiger partial charge on any atom is -0.334 e. The first kappa shape index (κ1) is 22.6. The number of aliphatic imine (C=N–C) groups is 1. The van der Waals surface area contributed by atoms with Crippen LogP contribution >= 0.6 is 23.5 Å². The fraction of sp³-hybridized carbons (Fsp3) is 0.143. The molecule has 0 spiro atoms. The van der Waals surface area contributed by atoms with Crippen molar-refractivity contribution in [3.05, 3.63) is 99.9 Å². The number of anilines is 1. The molecule has 1 amide bonds. The predicted octanol–water partition coefficient (Wildman–Crippen LogP) is 7.24. The summed E-state index contributed by atoms with van der Waals surface area (Å²) < 4.78 is 0. The van der Waals surface area contributed by atoms with Gasteiger partial charge in [-0.2, -0.15) is 0 Å². The van der Waals surface area contributed by atoms with E-state index in [0.29, 0.717) is 6.54 Å². The molecule has 0 N–H and O–H groups in total. The van der Waals surface area contributed by atoms with Crippen LogP contribution in [0.1, 0.15) is 25.0 Å². The summed E-state index contributed by atoms with van der Waals surface area (Å²) in [4.78, 5) is 24.1. The molecule has 5 rings (SSSR count). The molecule has 0 saturated carbocycles. The molecule has 2 heterocycles. The van der Waals surface area contributed by atoms with Gasteiger partial charge in [-0.3, -0.25) is 9.69 Å². The van der Waals surface area contributed by atoms with Crippen LogP contribution in [0, 0.1) is 0 Å². The Bertz CT molecular complexity index is 1300. The summed E-state index contributed by atoms with van der Waals surface area (Å²) in [7, 11) is 0. The number of carbonyl (C=O) groups is 1. The molecule has 6 heteroatoms. The van der Waals surface area contributed by atoms with Crippen LogP contribution in [0.4, 0.5) is 11.4 Å². The Morgan fingerprint density at radius 3 is 2.12 bits per heavy atom. The minimum absolute atomic E-state index is 0.0300. The standard InChI is InChI=1S/C28H25N3OS2/c1-3-30-23-12-8-9-13-24(23)33-27(30)25-26(32)31(4-2)28(34-25)29-22-18-16-21(17-19-22)15-14-20-10-6-5-7-11-20/h5-19H,3-4H2,1-2H3/b15-14-,27-25+,29-28?. The quantitative estimate of drug-likeness (QED) is 0.283. The summed E-state index contributed by atoms with van der Waals surface area (Å²) in [6, 6.07) is 26.7. The molecule has 0 radical (unpaired) electrons. The Balaban J connectivity index is 1.40. The van der Waals surface area contributed by atoms with Crippen LogP contribution in [0.25, 0.3) is 12.2 Å². The Kier molecular flexibility index (Phi) is 6.61. The van der Waals surface area contributed by atoms with Gasteiger partial charge in [0, 0.05) is 18.0 Å². The van der Waals surface area contributed by atoms with E-state index < -0.39 is 0 Å². The van der Waals surface area contributed by atoms with Crippen molar-refractivity contribution in [2.24, 2.45) is 4.99 Å². The van der Waals surface area contributed by atoms with Crippen molar-refractivity contribution in [2.45, 2.75) is 18.7 Å². The third-order valence-corrected chi connectivity index (χ3v) is 8.06. The fourth-order valence-corrected chi connectivity index (χ4v) is 6.40. The molecule has 2 aliphatic heterocycles. The molecule has 3 aromatic rings. The second-order valence-corrected chi connectivity index (χ2v) is 9.84. The van der Waals surface area contributed by atoms with E-state index in [1.165, 1.54) is 27.9 Å². The van der Waals surface area contributed by atoms with E-state index >= 15 is 0 Å². The first-order valence-electron chi connectivity index (χ1n) is 11.4. The zero-order valence-corrected chi connectivity index (χ0v) is 20.8. The van der Waals surface area contributed by atoms with Crippen molar-refractivity contribution < 1.29 is 4.79 Å². The molecular weight excluding hydrogens is 458 g/mol. The lowest BCUT2D eigenvalue weighted by atomic mass is 10.1. The van der Waals surface area contributed by atoms with Crippen LogP contribution in [0.15, 0.2) is 98.7 Å². The average Bonchev–Trinajstić information content (AvgIpc) is 3.40. The largest absolute Gasteiger partial charge is 0.334 e. The van der Waals surface area contributed by atoms with Crippen LogP contribution in [0.3, 0.4) is 0 Å². The van der Waals surface area contributed by atoms with Gasteiger partial charge in [-0.1, -0.05) is 78.5 Å². The molecule has 0 aromatic heterocycles. The molecule has 34 heavy (non-hydrogen) atoms. The lowest BCUT2D eigenvalue weighted by molar-refractivity contribution is -0.122. The van der Waals surface area contributed by atoms with Crippen molar-refractivity contribution in [3.63, 3.8) is 0 Å². The predicted molar refractivity (Wildman–Crippen MR) is 146 cm³/mol. The van der Waals surface area contributed by atoms with Gasteiger partial charge in [-0.05, 0) is 61.0 Å². The van der Waals surface area contributed by atoms with E-state index in [1.807, 2.05) is 49.4 Å². The van der Waals surface area contributed by atoms with Gasteiger partial charge in [0.15, 0.2) is 5.17 Å². The first-order chi connectivity index (χ1) is 16.7. The van der Waals surface area contributed by atoms with Crippen LogP contribution < -0.4 is 4.90 Å². The van der Waals surface area contributed by atoms with E-state index in [0.717, 1.165) is 32.9 Å². The van der Waals surface area contributed by atoms with Gasteiger partial charge in [0.05, 0.1) is 11.4 Å². The number of fused-ring (bicyclic) bond motifs is 1. The Labute approximate surface area is 209 Å². The number of para-hydroxylation sites is 1. The van der Waals surface area contributed by atoms with Crippen molar-refractivity contribution in [1.82, 2.24) is 4.90 Å². The zero-order chi connectivity index (χ0) is 23.5. The molecule has 170 valence electrons. The number of thioether (sulfide) groups is 2. The molecule has 4 nitrogen and oxygen atoms in total. The monoisotopic (exact) mass is 483 g/mol. The summed E-state index contributed by atoms with van der Waals surface area (Å²) in [5, 5.41) is 1.74. The van der Waals surface area contributed by atoms with Crippen molar-refractivity contribution in [1.29, 1.82) is 0 Å². The molecule has 0 atom stereocenters. The fourth-order valence-electron chi connectivity index (χ4n) is 3.94. The third kappa shape index (κ3) is 4.43. The van der Waals surface area contributed by atoms with Gasteiger partial charge in [-0.15, -0.1) is 0 Å². The first-order valence-corrected chi connectivity index (χ1v) is 13.0. The molecule has 3 aromatic carbocycles. The maximum atomic E-state index is 13.3. The lowest BCUT2D eigenvalue weighted by Gasteiger charge is -2.19. The molecule has 0 aliphatic carbocycles. The highest BCUT2D eigenvalue weighted by Gasteiger charge is 2.38. The molecule has 1 fully saturated rings. The number of nitrogens with zero attached hydrogens (tertiary/aromatic N) is 3. The van der Waals surface area contributed by atoms with Crippen LogP contribution in [0.5, 0.6) is 0 Å². The number of hydrogen-bond acceptors (Lipinski definition) is 5. The lowest BCUT2D eigenvalue weighted by Crippen LogP contribution is -2.29. The molecule has 0 bridgehead atoms. The summed E-state index contributed by atoms with van der Waals surface area (Å²) in [6.45, 7) is 5.51. The summed E-state index contributed by atoms with van der Waals surface area (Å²) >= 11 is 3.15. The van der Waals surface area contributed by atoms with E-state index in [2.05, 4.69) is 60.4 Å². The number of carbonyl (C=O) groups excluding carboxylic acids is 1. The number of likely N-dealkylation sites (N-methyl/N-ethyl adjacent to an activating group) is 1. The third-order valence-electron chi connectivity index (χ3n) is 5.68. The van der Waals surface area contributed by atoms with E-state index in [-0.39, 0.29) is 5.91 Å². The maximum absolute atomic E-state index is 13.3. The number of rotatable bonds is 5. The molecule has 2 aliphatic rings. The second kappa shape index (κ2) is 9.95. The Morgan fingerprint density at radius 2 is 1.41 bits per heavy atom. The van der Waals surface area contributed by atoms with Crippen molar-refractivity contribution >= 4 is 58.1 Å². The number of amidine groups is 1. The normalized spacial score (nSPS) is 19.0. The van der Waals surface area contributed by atoms with Crippen LogP contribution in [-0.2, 0) is 4.79 Å². The summed E-state index contributed by atoms with van der Waals surface area (Å²) in [5.41, 5.74) is 4.28. The van der Waals surface area contributed by atoms with Crippen LogP contribution in [-0.4, -0.2) is 29.1 Å². The SMILES string of the molecule is CCN1C(=O)/C(=C2\Sc3ccccc3N2CC)SC1=Nc1ccc(/C=C\c2ccccc2)cc1. The second-order valence-electron chi connectivity index (χ2n) is 7.83. The molecule has 0 unspecified atom stereocenters. The van der Waals surface area contributed by atoms with Crippen LogP contribution in [0.2, 0.25) is 0 Å². The van der Waals surface area contributed by atoms with E-state index in [1.54, 1.807) is 16.7 Å². The average molecular weight is 484 g/mol. The number of benzene rings is 3. The topological polar surface area (TPSA) is 35.9 Å². The van der Waals surface area contributed by atoms with Crippen molar-refractivity contribution in [3.8, 4) is 0 Å².